The number of ether oxygens (including phenoxy) is 2. The molecule has 0 amide bonds. The lowest BCUT2D eigenvalue weighted by atomic mass is 9.79. The topological polar surface area (TPSA) is 76.6 Å². The molecule has 0 fully saturated rings. The number of fused-ring (bicyclic) bond motifs is 2. The normalized spacial score (nSPS) is 17.0. The highest BCUT2D eigenvalue weighted by molar-refractivity contribution is 6.05. The summed E-state index contributed by atoms with van der Waals surface area (Å²) in [6, 6.07) is 14.0. The van der Waals surface area contributed by atoms with Gasteiger partial charge in [0, 0.05) is 34.9 Å². The van der Waals surface area contributed by atoms with Crippen molar-refractivity contribution in [2.45, 2.75) is 39.5 Å². The predicted molar refractivity (Wildman–Crippen MR) is 130 cm³/mol. The number of hydrogen-bond donors (Lipinski definition) is 1. The molecule has 0 saturated carbocycles. The van der Waals surface area contributed by atoms with Crippen LogP contribution in [0.1, 0.15) is 42.7 Å². The maximum absolute atomic E-state index is 13.0. The van der Waals surface area contributed by atoms with Crippen molar-refractivity contribution in [2.75, 3.05) is 19.8 Å². The van der Waals surface area contributed by atoms with Crippen molar-refractivity contribution in [2.24, 2.45) is 10.9 Å². The van der Waals surface area contributed by atoms with Gasteiger partial charge in [0.1, 0.15) is 5.82 Å². The predicted octanol–water partition coefficient (Wildman–Crippen LogP) is 4.38. The second-order valence-corrected chi connectivity index (χ2v) is 8.48. The van der Waals surface area contributed by atoms with Crippen molar-refractivity contribution >= 4 is 5.71 Å². The number of nitrogens with one attached hydrogen (secondary N) is 1. The summed E-state index contributed by atoms with van der Waals surface area (Å²) in [5.41, 5.74) is 6.04. The monoisotopic (exact) mass is 443 g/mol. The fourth-order valence-electron chi connectivity index (χ4n) is 4.90. The molecular weight excluding hydrogens is 414 g/mol. The van der Waals surface area contributed by atoms with Gasteiger partial charge in [0.15, 0.2) is 11.5 Å². The lowest BCUT2D eigenvalue weighted by molar-refractivity contribution is 0.287. The Morgan fingerprint density at radius 1 is 1.03 bits per heavy atom. The standard InChI is InChI=1S/C27H29N3O3/c1-3-32-23-15-18-12-13-28-25(20(18)16-24(23)33-4-2)19-10-11-22-21(14-19)27(31)30-26(29-22)17-8-6-5-7-9-17/h5-9,15-16,19H,3-4,10-14H2,1-2H3,(H,29,30,31). The van der Waals surface area contributed by atoms with Crippen LogP contribution in [0.4, 0.5) is 0 Å². The Morgan fingerprint density at radius 3 is 2.55 bits per heavy atom. The van der Waals surface area contributed by atoms with E-state index in [1.807, 2.05) is 44.2 Å². The second kappa shape index (κ2) is 9.22. The summed E-state index contributed by atoms with van der Waals surface area (Å²) in [6.07, 6.45) is 3.24. The lowest BCUT2D eigenvalue weighted by Crippen LogP contribution is -2.32. The van der Waals surface area contributed by atoms with Crippen molar-refractivity contribution in [3.05, 3.63) is 75.2 Å². The van der Waals surface area contributed by atoms with Gasteiger partial charge in [-0.05, 0) is 57.2 Å². The van der Waals surface area contributed by atoms with Crippen molar-refractivity contribution in [3.8, 4) is 22.9 Å². The van der Waals surface area contributed by atoms with Crippen molar-refractivity contribution in [1.82, 2.24) is 9.97 Å². The minimum atomic E-state index is -0.0399. The molecule has 170 valence electrons. The van der Waals surface area contributed by atoms with Crippen molar-refractivity contribution in [3.63, 3.8) is 0 Å². The van der Waals surface area contributed by atoms with Gasteiger partial charge in [-0.2, -0.15) is 0 Å². The fraction of sp³-hybridized carbons (Fsp3) is 0.370. The number of aryl methyl sites for hydroxylation is 1. The third kappa shape index (κ3) is 4.17. The summed E-state index contributed by atoms with van der Waals surface area (Å²) in [5.74, 6) is 2.38. The Morgan fingerprint density at radius 2 is 1.79 bits per heavy atom. The fourth-order valence-corrected chi connectivity index (χ4v) is 4.90. The quantitative estimate of drug-likeness (QED) is 0.613. The van der Waals surface area contributed by atoms with E-state index in [1.54, 1.807) is 0 Å². The van der Waals surface area contributed by atoms with E-state index < -0.39 is 0 Å². The molecule has 1 aliphatic carbocycles. The molecule has 1 aromatic heterocycles. The molecule has 2 aliphatic rings. The molecule has 3 aromatic rings. The van der Waals surface area contributed by atoms with Gasteiger partial charge in [0.05, 0.1) is 18.9 Å². The van der Waals surface area contributed by atoms with E-state index in [4.69, 9.17) is 19.5 Å². The van der Waals surface area contributed by atoms with E-state index in [1.165, 1.54) is 5.56 Å². The zero-order chi connectivity index (χ0) is 22.8. The molecule has 0 bridgehead atoms. The van der Waals surface area contributed by atoms with Crippen LogP contribution in [-0.4, -0.2) is 35.4 Å². The first-order valence-corrected chi connectivity index (χ1v) is 11.8. The first kappa shape index (κ1) is 21.4. The molecule has 1 N–H and O–H groups in total. The number of nitrogens with zero attached hydrogens (tertiary/aromatic N) is 2. The second-order valence-electron chi connectivity index (χ2n) is 8.48. The SMILES string of the molecule is CCOc1cc2c(cc1OCC)C(C1CCc3nc(-c4ccccc4)[nH]c(=O)c3C1)=NCC2. The third-order valence-electron chi connectivity index (χ3n) is 6.42. The molecule has 0 radical (unpaired) electrons. The van der Waals surface area contributed by atoms with E-state index in [0.717, 1.165) is 65.4 Å². The van der Waals surface area contributed by atoms with Crippen LogP contribution in [0.25, 0.3) is 11.4 Å². The molecular formula is C27H29N3O3. The molecule has 0 spiro atoms. The van der Waals surface area contributed by atoms with Crippen LogP contribution in [0.5, 0.6) is 11.5 Å². The van der Waals surface area contributed by atoms with Crippen LogP contribution in [0, 0.1) is 5.92 Å². The van der Waals surface area contributed by atoms with Crippen LogP contribution in [0.2, 0.25) is 0 Å². The third-order valence-corrected chi connectivity index (χ3v) is 6.42. The van der Waals surface area contributed by atoms with Gasteiger partial charge in [-0.25, -0.2) is 4.98 Å². The molecule has 0 saturated heterocycles. The Bertz CT molecular complexity index is 1250. The van der Waals surface area contributed by atoms with Gasteiger partial charge in [0.25, 0.3) is 5.56 Å². The van der Waals surface area contributed by atoms with E-state index in [2.05, 4.69) is 17.1 Å². The van der Waals surface area contributed by atoms with Gasteiger partial charge >= 0.3 is 0 Å². The number of hydrogen-bond acceptors (Lipinski definition) is 5. The summed E-state index contributed by atoms with van der Waals surface area (Å²) in [5, 5.41) is 0. The molecule has 2 heterocycles. The van der Waals surface area contributed by atoms with E-state index in [0.29, 0.717) is 25.5 Å². The molecule has 1 aliphatic heterocycles. The molecule has 6 nitrogen and oxygen atoms in total. The summed E-state index contributed by atoms with van der Waals surface area (Å²) in [7, 11) is 0. The number of aromatic amines is 1. The summed E-state index contributed by atoms with van der Waals surface area (Å²) < 4.78 is 11.7. The van der Waals surface area contributed by atoms with E-state index in [9.17, 15) is 4.79 Å². The largest absolute Gasteiger partial charge is 0.490 e. The zero-order valence-corrected chi connectivity index (χ0v) is 19.2. The summed E-state index contributed by atoms with van der Waals surface area (Å²) in [6.45, 7) is 5.89. The zero-order valence-electron chi connectivity index (χ0n) is 19.2. The van der Waals surface area contributed by atoms with Crippen LogP contribution >= 0.6 is 0 Å². The van der Waals surface area contributed by atoms with Crippen LogP contribution in [0.3, 0.4) is 0 Å². The minimum absolute atomic E-state index is 0.0399. The molecule has 6 heteroatoms. The number of H-pyrrole nitrogens is 1. The number of aliphatic imine (C=N–C) groups is 1. The lowest BCUT2D eigenvalue weighted by Gasteiger charge is -2.29. The Labute approximate surface area is 193 Å². The van der Waals surface area contributed by atoms with Gasteiger partial charge in [-0.1, -0.05) is 30.3 Å². The average Bonchev–Trinajstić information content (AvgIpc) is 2.85. The van der Waals surface area contributed by atoms with Crippen LogP contribution < -0.4 is 15.0 Å². The average molecular weight is 444 g/mol. The van der Waals surface area contributed by atoms with Crippen molar-refractivity contribution in [1.29, 1.82) is 0 Å². The first-order chi connectivity index (χ1) is 16.2. The highest BCUT2D eigenvalue weighted by atomic mass is 16.5. The van der Waals surface area contributed by atoms with Gasteiger partial charge in [0.2, 0.25) is 0 Å². The van der Waals surface area contributed by atoms with Gasteiger partial charge in [-0.3, -0.25) is 9.79 Å². The Kier molecular flexibility index (Phi) is 5.99. The first-order valence-electron chi connectivity index (χ1n) is 11.8. The highest BCUT2D eigenvalue weighted by Gasteiger charge is 2.30. The number of rotatable bonds is 6. The van der Waals surface area contributed by atoms with Crippen molar-refractivity contribution < 1.29 is 9.47 Å². The molecule has 33 heavy (non-hydrogen) atoms. The molecule has 2 aromatic carbocycles. The highest BCUT2D eigenvalue weighted by Crippen LogP contribution is 2.36. The van der Waals surface area contributed by atoms with Crippen LogP contribution in [-0.2, 0) is 19.3 Å². The van der Waals surface area contributed by atoms with Gasteiger partial charge in [-0.15, -0.1) is 0 Å². The Balaban J connectivity index is 1.47. The Hall–Kier alpha value is -3.41. The maximum Gasteiger partial charge on any atom is 0.254 e. The van der Waals surface area contributed by atoms with Gasteiger partial charge < -0.3 is 14.5 Å². The number of benzene rings is 2. The minimum Gasteiger partial charge on any atom is -0.490 e. The van der Waals surface area contributed by atoms with E-state index in [-0.39, 0.29) is 11.5 Å². The molecule has 1 unspecified atom stereocenters. The summed E-state index contributed by atoms with van der Waals surface area (Å²) in [4.78, 5) is 25.7. The van der Waals surface area contributed by atoms with E-state index >= 15 is 0 Å². The maximum atomic E-state index is 13.0. The molecule has 5 rings (SSSR count). The molecule has 1 atom stereocenters. The van der Waals surface area contributed by atoms with Crippen LogP contribution in [0.15, 0.2) is 52.3 Å². The summed E-state index contributed by atoms with van der Waals surface area (Å²) >= 11 is 0. The smallest absolute Gasteiger partial charge is 0.254 e. The number of aromatic nitrogens is 2.